The van der Waals surface area contributed by atoms with Gasteiger partial charge in [0.1, 0.15) is 0 Å². The summed E-state index contributed by atoms with van der Waals surface area (Å²) < 4.78 is 7.35. The molecule has 0 bridgehead atoms. The van der Waals surface area contributed by atoms with Crippen molar-refractivity contribution in [1.29, 1.82) is 5.26 Å². The monoisotopic (exact) mass is 655 g/mol. The molecule has 234 valence electrons. The molecule has 50 heavy (non-hydrogen) atoms. The van der Waals surface area contributed by atoms with Crippen LogP contribution in [-0.4, -0.2) is 9.13 Å². The lowest BCUT2D eigenvalue weighted by molar-refractivity contribution is 0.661. The number of hydrogen-bond acceptors (Lipinski definition) is 2. The van der Waals surface area contributed by atoms with Gasteiger partial charge in [0.15, 0.2) is 0 Å². The first kappa shape index (κ1) is 27.8. The Hall–Kier alpha value is -6.15. The summed E-state index contributed by atoms with van der Waals surface area (Å²) in [5.74, 6) is 0. The maximum atomic E-state index is 9.64. The summed E-state index contributed by atoms with van der Waals surface area (Å²) in [7, 11) is 0. The van der Waals surface area contributed by atoms with E-state index < -0.39 is 0 Å². The molecule has 0 N–H and O–H groups in total. The van der Waals surface area contributed by atoms with E-state index in [-0.39, 0.29) is 5.41 Å². The maximum absolute atomic E-state index is 9.64. The van der Waals surface area contributed by atoms with E-state index >= 15 is 0 Å². The van der Waals surface area contributed by atoms with E-state index in [9.17, 15) is 5.26 Å². The van der Waals surface area contributed by atoms with E-state index in [2.05, 4.69) is 156 Å². The molecule has 7 aromatic carbocycles. The van der Waals surface area contributed by atoms with Crippen LogP contribution in [0, 0.1) is 11.3 Å². The minimum absolute atomic E-state index is 0.0517. The van der Waals surface area contributed by atoms with Gasteiger partial charge in [-0.25, -0.2) is 0 Å². The molecule has 10 aromatic rings. The number of hydrogen-bond donors (Lipinski definition) is 0. The third-order valence-corrected chi connectivity index (χ3v) is 12.3. The van der Waals surface area contributed by atoms with Crippen LogP contribution in [0.2, 0.25) is 0 Å². The molecule has 3 nitrogen and oxygen atoms in total. The molecule has 0 saturated carbocycles. The Morgan fingerprint density at radius 2 is 1.06 bits per heavy atom. The Balaban J connectivity index is 1.16. The molecule has 3 heterocycles. The van der Waals surface area contributed by atoms with Crippen LogP contribution >= 0.6 is 11.3 Å². The molecule has 4 heteroatoms. The lowest BCUT2D eigenvalue weighted by atomic mass is 9.82. The molecule has 0 fully saturated rings. The number of benzene rings is 7. The van der Waals surface area contributed by atoms with Crippen molar-refractivity contribution in [2.75, 3.05) is 0 Å². The van der Waals surface area contributed by atoms with Crippen LogP contribution in [0.15, 0.2) is 140 Å². The average Bonchev–Trinajstić information content (AvgIpc) is 3.85. The molecule has 0 radical (unpaired) electrons. The van der Waals surface area contributed by atoms with Crippen molar-refractivity contribution in [3.05, 3.63) is 156 Å². The molecule has 0 aliphatic heterocycles. The molecular formula is C46H29N3S. The Labute approximate surface area is 292 Å². The van der Waals surface area contributed by atoms with Gasteiger partial charge in [-0.2, -0.15) is 5.26 Å². The van der Waals surface area contributed by atoms with Gasteiger partial charge in [-0.1, -0.05) is 74.5 Å². The van der Waals surface area contributed by atoms with Gasteiger partial charge in [-0.3, -0.25) is 0 Å². The van der Waals surface area contributed by atoms with Crippen LogP contribution in [0.25, 0.3) is 86.3 Å². The van der Waals surface area contributed by atoms with Gasteiger partial charge in [-0.15, -0.1) is 11.3 Å². The number of thiophene rings is 1. The predicted molar refractivity (Wildman–Crippen MR) is 210 cm³/mol. The van der Waals surface area contributed by atoms with Crippen LogP contribution in [0.4, 0.5) is 0 Å². The summed E-state index contributed by atoms with van der Waals surface area (Å²) in [5, 5.41) is 17.0. The lowest BCUT2D eigenvalue weighted by Gasteiger charge is -2.21. The third-order valence-electron chi connectivity index (χ3n) is 11.1. The second-order valence-electron chi connectivity index (χ2n) is 14.1. The highest BCUT2D eigenvalue weighted by Crippen LogP contribution is 2.51. The Kier molecular flexibility index (Phi) is 5.40. The number of fused-ring (bicyclic) bond motifs is 12. The number of rotatable bonds is 2. The van der Waals surface area contributed by atoms with Crippen LogP contribution in [-0.2, 0) is 5.41 Å². The second-order valence-corrected chi connectivity index (χ2v) is 15.2. The van der Waals surface area contributed by atoms with Crippen LogP contribution in [0.5, 0.6) is 0 Å². The van der Waals surface area contributed by atoms with Gasteiger partial charge >= 0.3 is 0 Å². The Bertz CT molecular complexity index is 3140. The van der Waals surface area contributed by atoms with E-state index in [1.54, 1.807) is 0 Å². The fourth-order valence-electron chi connectivity index (χ4n) is 8.79. The van der Waals surface area contributed by atoms with Crippen molar-refractivity contribution in [3.8, 4) is 28.6 Å². The van der Waals surface area contributed by atoms with Crippen molar-refractivity contribution in [1.82, 2.24) is 9.13 Å². The standard InChI is InChI=1S/C46H29N3S/c1-46(2)38-12-6-3-9-30(38)33-25-43-35(24-39(33)46)32-11-5-8-14-41(32)49(43)29-17-20-45-37(23-29)36-22-28(16-19-44(36)50-45)48-40-13-7-4-10-31(40)34-21-27(26-47)15-18-42(34)48/h3-25H,1-2H3. The minimum atomic E-state index is -0.0517. The number of para-hydroxylation sites is 2. The highest BCUT2D eigenvalue weighted by molar-refractivity contribution is 7.25. The van der Waals surface area contributed by atoms with Gasteiger partial charge in [0.2, 0.25) is 0 Å². The van der Waals surface area contributed by atoms with Crippen molar-refractivity contribution >= 4 is 75.1 Å². The summed E-state index contributed by atoms with van der Waals surface area (Å²) in [6, 6.07) is 53.3. The van der Waals surface area contributed by atoms with Crippen molar-refractivity contribution in [3.63, 3.8) is 0 Å². The Morgan fingerprint density at radius 3 is 1.74 bits per heavy atom. The first-order valence-corrected chi connectivity index (χ1v) is 17.9. The molecule has 3 aromatic heterocycles. The van der Waals surface area contributed by atoms with Gasteiger partial charge in [-0.05, 0) is 101 Å². The highest BCUT2D eigenvalue weighted by Gasteiger charge is 2.36. The summed E-state index contributed by atoms with van der Waals surface area (Å²) in [5.41, 5.74) is 13.1. The molecule has 1 aliphatic carbocycles. The van der Waals surface area contributed by atoms with Crippen molar-refractivity contribution < 1.29 is 0 Å². The van der Waals surface area contributed by atoms with Crippen molar-refractivity contribution in [2.24, 2.45) is 0 Å². The summed E-state index contributed by atoms with van der Waals surface area (Å²) in [6.45, 7) is 4.71. The largest absolute Gasteiger partial charge is 0.309 e. The molecular weight excluding hydrogens is 627 g/mol. The SMILES string of the molecule is CC1(C)c2ccccc2-c2cc3c(cc21)c1ccccc1n3-c1ccc2sc3ccc(-n4c5ccccc5c5cc(C#N)ccc54)cc3c2c1. The minimum Gasteiger partial charge on any atom is -0.309 e. The van der Waals surface area contributed by atoms with Crippen LogP contribution in [0.3, 0.4) is 0 Å². The van der Waals surface area contributed by atoms with E-state index in [0.717, 1.165) is 27.5 Å². The zero-order chi connectivity index (χ0) is 33.3. The van der Waals surface area contributed by atoms with Gasteiger partial charge in [0.05, 0.1) is 33.7 Å². The molecule has 0 spiro atoms. The molecule has 0 unspecified atom stereocenters. The van der Waals surface area contributed by atoms with Gasteiger partial charge in [0.25, 0.3) is 0 Å². The molecule has 11 rings (SSSR count). The average molecular weight is 656 g/mol. The fourth-order valence-corrected chi connectivity index (χ4v) is 9.86. The Morgan fingerprint density at radius 1 is 0.480 bits per heavy atom. The van der Waals surface area contributed by atoms with E-state index in [1.807, 2.05) is 23.5 Å². The van der Waals surface area contributed by atoms with E-state index in [4.69, 9.17) is 0 Å². The maximum Gasteiger partial charge on any atom is 0.0991 e. The molecule has 0 saturated heterocycles. The number of nitriles is 1. The van der Waals surface area contributed by atoms with Gasteiger partial charge < -0.3 is 9.13 Å². The topological polar surface area (TPSA) is 33.6 Å². The first-order valence-electron chi connectivity index (χ1n) is 17.1. The number of nitrogens with zero attached hydrogens (tertiary/aromatic N) is 3. The number of aromatic nitrogens is 2. The first-order chi connectivity index (χ1) is 24.5. The fraction of sp³-hybridized carbons (Fsp3) is 0.0652. The molecule has 0 amide bonds. The predicted octanol–water partition coefficient (Wildman–Crippen LogP) is 12.4. The third kappa shape index (κ3) is 3.57. The second kappa shape index (κ2) is 9.72. The molecule has 1 aliphatic rings. The van der Waals surface area contributed by atoms with E-state index in [1.165, 1.54) is 69.9 Å². The van der Waals surface area contributed by atoms with Crippen molar-refractivity contribution in [2.45, 2.75) is 19.3 Å². The van der Waals surface area contributed by atoms with E-state index in [0.29, 0.717) is 5.56 Å². The molecule has 0 atom stereocenters. The van der Waals surface area contributed by atoms with Gasteiger partial charge in [0, 0.05) is 58.5 Å². The zero-order valence-corrected chi connectivity index (χ0v) is 28.3. The quantitative estimate of drug-likeness (QED) is 0.182. The highest BCUT2D eigenvalue weighted by atomic mass is 32.1. The lowest BCUT2D eigenvalue weighted by Crippen LogP contribution is -2.14. The summed E-state index contributed by atoms with van der Waals surface area (Å²) in [4.78, 5) is 0. The summed E-state index contributed by atoms with van der Waals surface area (Å²) >= 11 is 1.85. The summed E-state index contributed by atoms with van der Waals surface area (Å²) in [6.07, 6.45) is 0. The smallest absolute Gasteiger partial charge is 0.0991 e. The normalized spacial score (nSPS) is 13.5. The zero-order valence-electron chi connectivity index (χ0n) is 27.5. The van der Waals surface area contributed by atoms with Crippen LogP contribution < -0.4 is 0 Å². The van der Waals surface area contributed by atoms with Crippen LogP contribution in [0.1, 0.15) is 30.5 Å².